The Morgan fingerprint density at radius 1 is 1.10 bits per heavy atom. The molecule has 0 N–H and O–H groups in total. The number of aryl methyl sites for hydroxylation is 1. The molecule has 1 atom stereocenters. The van der Waals surface area contributed by atoms with Gasteiger partial charge in [-0.25, -0.2) is 0 Å². The molecule has 5 heteroatoms. The average molecular weight is 409 g/mol. The molecule has 2 saturated carbocycles. The lowest BCUT2D eigenvalue weighted by Crippen LogP contribution is -2.49. The van der Waals surface area contributed by atoms with Crippen LogP contribution in [0.4, 0.5) is 0 Å². The summed E-state index contributed by atoms with van der Waals surface area (Å²) in [6.45, 7) is 3.05. The number of hydrogen-bond acceptors (Lipinski definition) is 3. The van der Waals surface area contributed by atoms with Crippen LogP contribution in [0.2, 0.25) is 0 Å². The van der Waals surface area contributed by atoms with Crippen molar-refractivity contribution in [2.45, 2.75) is 57.5 Å². The summed E-state index contributed by atoms with van der Waals surface area (Å²) in [6, 6.07) is 10.9. The summed E-state index contributed by atoms with van der Waals surface area (Å²) in [5.74, 6) is 0.459. The zero-order valence-corrected chi connectivity index (χ0v) is 17.8. The van der Waals surface area contributed by atoms with Gasteiger partial charge in [-0.1, -0.05) is 36.2 Å². The molecule has 0 spiro atoms. The maximum atomic E-state index is 13.5. The predicted octanol–water partition coefficient (Wildman–Crippen LogP) is 4.32. The molecular weight excluding hydrogens is 380 g/mol. The number of carbonyl (C=O) groups is 2. The molecular formula is C24H28N2O2S. The highest BCUT2D eigenvalue weighted by molar-refractivity contribution is 7.10. The van der Waals surface area contributed by atoms with Crippen LogP contribution in [-0.2, 0) is 16.0 Å². The normalized spacial score (nSPS) is 21.4. The lowest BCUT2D eigenvalue weighted by atomic mass is 9.84. The zero-order chi connectivity index (χ0) is 20.0. The molecule has 2 aromatic rings. The molecule has 0 bridgehead atoms. The van der Waals surface area contributed by atoms with E-state index in [9.17, 15) is 9.59 Å². The Morgan fingerprint density at radius 2 is 1.86 bits per heavy atom. The molecule has 2 aliphatic carbocycles. The molecule has 3 aliphatic rings. The second kappa shape index (κ2) is 7.60. The molecule has 0 radical (unpaired) electrons. The number of hydrogen-bond donors (Lipinski definition) is 0. The first-order valence-corrected chi connectivity index (χ1v) is 11.7. The average Bonchev–Trinajstić information content (AvgIpc) is 3.40. The summed E-state index contributed by atoms with van der Waals surface area (Å²) >= 11 is 1.79. The molecule has 1 aromatic carbocycles. The van der Waals surface area contributed by atoms with Gasteiger partial charge in [0.1, 0.15) is 6.54 Å². The van der Waals surface area contributed by atoms with Gasteiger partial charge in [-0.2, -0.15) is 0 Å². The van der Waals surface area contributed by atoms with Crippen molar-refractivity contribution in [3.63, 3.8) is 0 Å². The van der Waals surface area contributed by atoms with Gasteiger partial charge in [0.25, 0.3) is 0 Å². The SMILES string of the molecule is Cc1ccc([C@@H]2c3ccsc3CCN2C(=O)CN(C(=O)C2CCC2)C2CC2)cc1. The quantitative estimate of drug-likeness (QED) is 0.739. The van der Waals surface area contributed by atoms with Gasteiger partial charge in [0.2, 0.25) is 11.8 Å². The molecule has 1 aromatic heterocycles. The van der Waals surface area contributed by atoms with Crippen molar-refractivity contribution in [3.05, 3.63) is 57.3 Å². The smallest absolute Gasteiger partial charge is 0.243 e. The third kappa shape index (κ3) is 3.61. The maximum Gasteiger partial charge on any atom is 0.243 e. The fourth-order valence-corrected chi connectivity index (χ4v) is 5.50. The molecule has 1 aliphatic heterocycles. The van der Waals surface area contributed by atoms with Gasteiger partial charge >= 0.3 is 0 Å². The van der Waals surface area contributed by atoms with Gasteiger partial charge < -0.3 is 9.80 Å². The molecule has 0 unspecified atom stereocenters. The number of rotatable bonds is 5. The van der Waals surface area contributed by atoms with Gasteiger partial charge in [0.15, 0.2) is 0 Å². The Morgan fingerprint density at radius 3 is 2.52 bits per heavy atom. The van der Waals surface area contributed by atoms with Crippen LogP contribution in [0.1, 0.15) is 59.7 Å². The monoisotopic (exact) mass is 408 g/mol. The number of benzene rings is 1. The van der Waals surface area contributed by atoms with Gasteiger partial charge in [0, 0.05) is 23.4 Å². The van der Waals surface area contributed by atoms with Crippen LogP contribution in [0, 0.1) is 12.8 Å². The number of nitrogens with zero attached hydrogens (tertiary/aromatic N) is 2. The lowest BCUT2D eigenvalue weighted by molar-refractivity contribution is -0.146. The Balaban J connectivity index is 1.41. The minimum absolute atomic E-state index is 0.0436. The van der Waals surface area contributed by atoms with Crippen molar-refractivity contribution >= 4 is 23.2 Å². The van der Waals surface area contributed by atoms with Crippen LogP contribution in [0.15, 0.2) is 35.7 Å². The van der Waals surface area contributed by atoms with Crippen molar-refractivity contribution in [1.29, 1.82) is 0 Å². The number of carbonyl (C=O) groups excluding carboxylic acids is 2. The Hall–Kier alpha value is -2.14. The van der Waals surface area contributed by atoms with Gasteiger partial charge in [-0.3, -0.25) is 9.59 Å². The van der Waals surface area contributed by atoms with Crippen molar-refractivity contribution < 1.29 is 9.59 Å². The second-order valence-corrected chi connectivity index (χ2v) is 9.78. The van der Waals surface area contributed by atoms with E-state index in [0.29, 0.717) is 0 Å². The van der Waals surface area contributed by atoms with Gasteiger partial charge in [0.05, 0.1) is 6.04 Å². The third-order valence-corrected chi connectivity index (χ3v) is 7.71. The molecule has 152 valence electrons. The molecule has 0 saturated heterocycles. The van der Waals surface area contributed by atoms with E-state index in [0.717, 1.165) is 50.6 Å². The van der Waals surface area contributed by atoms with Crippen LogP contribution in [-0.4, -0.2) is 40.7 Å². The summed E-state index contributed by atoms with van der Waals surface area (Å²) in [7, 11) is 0. The van der Waals surface area contributed by atoms with Crippen molar-refractivity contribution in [2.75, 3.05) is 13.1 Å². The van der Waals surface area contributed by atoms with Crippen molar-refractivity contribution in [2.24, 2.45) is 5.92 Å². The van der Waals surface area contributed by atoms with Gasteiger partial charge in [-0.15, -0.1) is 11.3 Å². The minimum atomic E-state index is -0.0436. The molecule has 4 nitrogen and oxygen atoms in total. The Kier molecular flexibility index (Phi) is 4.94. The molecule has 2 fully saturated rings. The van der Waals surface area contributed by atoms with E-state index in [2.05, 4.69) is 42.6 Å². The standard InChI is InChI=1S/C24H28N2O2S/c1-16-5-7-17(8-6-16)23-20-12-14-29-21(20)11-13-25(23)22(27)15-26(19-9-10-19)24(28)18-3-2-4-18/h5-8,12,14,18-19,23H,2-4,9-11,13,15H2,1H3/t23-/m1/s1. The lowest BCUT2D eigenvalue weighted by Gasteiger charge is -2.38. The highest BCUT2D eigenvalue weighted by Gasteiger charge is 2.41. The summed E-state index contributed by atoms with van der Waals surface area (Å²) in [5, 5.41) is 2.14. The topological polar surface area (TPSA) is 40.6 Å². The molecule has 29 heavy (non-hydrogen) atoms. The summed E-state index contributed by atoms with van der Waals surface area (Å²) in [6.07, 6.45) is 6.12. The van der Waals surface area contributed by atoms with E-state index in [1.165, 1.54) is 16.0 Å². The fourth-order valence-electron chi connectivity index (χ4n) is 4.59. The Labute approximate surface area is 176 Å². The van der Waals surface area contributed by atoms with E-state index in [-0.39, 0.29) is 36.4 Å². The first kappa shape index (κ1) is 18.9. The summed E-state index contributed by atoms with van der Waals surface area (Å²) < 4.78 is 0. The van der Waals surface area contributed by atoms with E-state index in [4.69, 9.17) is 0 Å². The van der Waals surface area contributed by atoms with Crippen LogP contribution in [0.3, 0.4) is 0 Å². The molecule has 2 heterocycles. The zero-order valence-electron chi connectivity index (χ0n) is 17.0. The third-order valence-electron chi connectivity index (χ3n) is 6.71. The van der Waals surface area contributed by atoms with Gasteiger partial charge in [-0.05, 0) is 61.6 Å². The van der Waals surface area contributed by atoms with Crippen LogP contribution in [0.25, 0.3) is 0 Å². The highest BCUT2D eigenvalue weighted by Crippen LogP contribution is 2.39. The van der Waals surface area contributed by atoms with E-state index < -0.39 is 0 Å². The summed E-state index contributed by atoms with van der Waals surface area (Å²) in [5.41, 5.74) is 3.63. The van der Waals surface area contributed by atoms with Crippen LogP contribution < -0.4 is 0 Å². The second-order valence-electron chi connectivity index (χ2n) is 8.77. The maximum absolute atomic E-state index is 13.5. The van der Waals surface area contributed by atoms with E-state index >= 15 is 0 Å². The van der Waals surface area contributed by atoms with Crippen LogP contribution in [0.5, 0.6) is 0 Å². The fraction of sp³-hybridized carbons (Fsp3) is 0.500. The summed E-state index contributed by atoms with van der Waals surface area (Å²) in [4.78, 5) is 31.7. The predicted molar refractivity (Wildman–Crippen MR) is 115 cm³/mol. The first-order valence-electron chi connectivity index (χ1n) is 10.8. The number of fused-ring (bicyclic) bond motifs is 1. The first-order chi connectivity index (χ1) is 14.1. The highest BCUT2D eigenvalue weighted by atomic mass is 32.1. The van der Waals surface area contributed by atoms with Crippen molar-refractivity contribution in [1.82, 2.24) is 9.80 Å². The molecule has 5 rings (SSSR count). The van der Waals surface area contributed by atoms with E-state index in [1.807, 2.05) is 9.80 Å². The Bertz CT molecular complexity index is 911. The number of amides is 2. The van der Waals surface area contributed by atoms with Crippen molar-refractivity contribution in [3.8, 4) is 0 Å². The number of thiophene rings is 1. The van der Waals surface area contributed by atoms with E-state index in [1.54, 1.807) is 11.3 Å². The van der Waals surface area contributed by atoms with Crippen LogP contribution >= 0.6 is 11.3 Å². The minimum Gasteiger partial charge on any atom is -0.330 e. The molecule has 2 amide bonds. The largest absolute Gasteiger partial charge is 0.330 e.